The van der Waals surface area contributed by atoms with Crippen LogP contribution in [0.15, 0.2) is 60.8 Å². The Morgan fingerprint density at radius 1 is 1.09 bits per heavy atom. The minimum absolute atomic E-state index is 0.000717. The number of piperidine rings is 1. The highest BCUT2D eigenvalue weighted by Crippen LogP contribution is 2.23. The smallest absolute Gasteiger partial charge is 0.259 e. The number of phenols is 1. The fourth-order valence-electron chi connectivity index (χ4n) is 4.25. The first kappa shape index (κ1) is 25.6. The van der Waals surface area contributed by atoms with Gasteiger partial charge in [0.15, 0.2) is 5.90 Å². The van der Waals surface area contributed by atoms with Gasteiger partial charge in [0.2, 0.25) is 5.90 Å². The molecule has 1 heterocycles. The molecule has 9 heteroatoms. The van der Waals surface area contributed by atoms with Crippen LogP contribution in [0.3, 0.4) is 0 Å². The summed E-state index contributed by atoms with van der Waals surface area (Å²) in [6.07, 6.45) is 4.50. The number of ether oxygens (including phenoxy) is 1. The van der Waals surface area contributed by atoms with Crippen LogP contribution in [-0.2, 0) is 4.74 Å². The third kappa shape index (κ3) is 7.00. The Morgan fingerprint density at radius 3 is 2.40 bits per heavy atom. The third-order valence-corrected chi connectivity index (χ3v) is 5.63. The molecule has 1 amide bonds. The lowest BCUT2D eigenvalue weighted by molar-refractivity contribution is 0.0755. The Bertz CT molecular complexity index is 1140. The van der Waals surface area contributed by atoms with Gasteiger partial charge in [-0.3, -0.25) is 25.9 Å². The van der Waals surface area contributed by atoms with Crippen molar-refractivity contribution in [3.63, 3.8) is 0 Å². The van der Waals surface area contributed by atoms with Gasteiger partial charge in [0, 0.05) is 48.1 Å². The highest BCUT2D eigenvalue weighted by Gasteiger charge is 2.33. The molecule has 1 aliphatic heterocycles. The summed E-state index contributed by atoms with van der Waals surface area (Å²) < 4.78 is 5.05. The fraction of sp³-hybridized carbons (Fsp3) is 0.308. The first-order valence-corrected chi connectivity index (χ1v) is 11.5. The second-order valence-electron chi connectivity index (χ2n) is 8.75. The molecule has 1 fully saturated rings. The van der Waals surface area contributed by atoms with Crippen molar-refractivity contribution >= 4 is 29.2 Å². The second kappa shape index (κ2) is 11.4. The minimum atomic E-state index is -0.337. The normalized spacial score (nSPS) is 19.7. The van der Waals surface area contributed by atoms with Crippen LogP contribution in [0, 0.1) is 16.2 Å². The minimum Gasteiger partial charge on any atom is -0.508 e. The van der Waals surface area contributed by atoms with Crippen molar-refractivity contribution in [3.05, 3.63) is 71.9 Å². The second-order valence-corrected chi connectivity index (χ2v) is 8.75. The van der Waals surface area contributed by atoms with Crippen LogP contribution in [0.25, 0.3) is 0 Å². The van der Waals surface area contributed by atoms with Crippen LogP contribution in [0.1, 0.15) is 49.5 Å². The number of carbonyl (C=O) groups is 1. The summed E-state index contributed by atoms with van der Waals surface area (Å²) >= 11 is 0. The molecule has 9 nitrogen and oxygen atoms in total. The van der Waals surface area contributed by atoms with Crippen LogP contribution >= 0.6 is 0 Å². The number of hydrogen-bond donors (Lipinski definition) is 6. The number of aromatic hydroxyl groups is 1. The molecule has 0 spiro atoms. The van der Waals surface area contributed by atoms with E-state index >= 15 is 0 Å². The Morgan fingerprint density at radius 2 is 1.74 bits per heavy atom. The number of nitrogens with one attached hydrogen (secondary N) is 5. The lowest BCUT2D eigenvalue weighted by Crippen LogP contribution is -2.53. The largest absolute Gasteiger partial charge is 0.508 e. The number of benzene rings is 2. The van der Waals surface area contributed by atoms with Gasteiger partial charge in [-0.1, -0.05) is 12.1 Å². The van der Waals surface area contributed by atoms with Crippen LogP contribution in [-0.4, -0.2) is 51.7 Å². The zero-order chi connectivity index (χ0) is 25.5. The molecular formula is C26H32N6O3. The van der Waals surface area contributed by atoms with E-state index in [0.29, 0.717) is 29.7 Å². The molecule has 0 aromatic heterocycles. The van der Waals surface area contributed by atoms with Crippen molar-refractivity contribution in [2.24, 2.45) is 0 Å². The van der Waals surface area contributed by atoms with Crippen molar-refractivity contribution in [2.45, 2.75) is 51.7 Å². The van der Waals surface area contributed by atoms with Crippen LogP contribution in [0.2, 0.25) is 0 Å². The maximum atomic E-state index is 13.4. The van der Waals surface area contributed by atoms with Crippen molar-refractivity contribution in [3.8, 4) is 5.75 Å². The van der Waals surface area contributed by atoms with E-state index in [0.717, 1.165) is 0 Å². The number of amidine groups is 1. The summed E-state index contributed by atoms with van der Waals surface area (Å²) in [4.78, 5) is 14.9. The summed E-state index contributed by atoms with van der Waals surface area (Å²) in [5.74, 6) is -0.505. The fourth-order valence-corrected chi connectivity index (χ4v) is 4.25. The molecule has 2 aromatic carbocycles. The topological polar surface area (TPSA) is 145 Å². The van der Waals surface area contributed by atoms with Gasteiger partial charge in [-0.05, 0) is 69.2 Å². The van der Waals surface area contributed by atoms with Gasteiger partial charge in [0.25, 0.3) is 5.91 Å². The quantitative estimate of drug-likeness (QED) is 0.272. The Balaban J connectivity index is 1.79. The lowest BCUT2D eigenvalue weighted by atomic mass is 9.93. The number of amides is 1. The molecule has 2 aromatic rings. The summed E-state index contributed by atoms with van der Waals surface area (Å²) in [6.45, 7) is 5.59. The number of rotatable bonds is 6. The van der Waals surface area contributed by atoms with Crippen molar-refractivity contribution in [1.29, 1.82) is 16.2 Å². The first-order chi connectivity index (χ1) is 16.6. The number of anilines is 1. The highest BCUT2D eigenvalue weighted by molar-refractivity contribution is 6.09. The molecule has 1 aliphatic rings. The van der Waals surface area contributed by atoms with E-state index in [1.807, 2.05) is 0 Å². The predicted molar refractivity (Wildman–Crippen MR) is 138 cm³/mol. The van der Waals surface area contributed by atoms with Crippen molar-refractivity contribution in [2.75, 3.05) is 5.32 Å². The standard InChI is InChI=1S/C26H32N6O3/c1-16-12-22(13-17(2)31-16)32(26(34)20-7-5-9-23(33)15-20)24(28)10-11-30-21-8-4-6-19(14-21)25(29)35-18(3)27/h4-11,14-17,22,27-31,33H,12-13H2,1-3H3/b11-10-,27-18?,28-24?,29-25?. The molecule has 0 bridgehead atoms. The maximum Gasteiger partial charge on any atom is 0.259 e. The lowest BCUT2D eigenvalue weighted by Gasteiger charge is -2.39. The monoisotopic (exact) mass is 476 g/mol. The number of nitrogens with zero attached hydrogens (tertiary/aromatic N) is 1. The number of phenolic OH excluding ortho intramolecular Hbond substituents is 1. The van der Waals surface area contributed by atoms with Gasteiger partial charge >= 0.3 is 0 Å². The molecule has 0 saturated carbocycles. The molecule has 3 rings (SSSR count). The van der Waals surface area contributed by atoms with E-state index in [1.165, 1.54) is 30.0 Å². The predicted octanol–water partition coefficient (Wildman–Crippen LogP) is 4.31. The molecule has 184 valence electrons. The maximum absolute atomic E-state index is 13.4. The van der Waals surface area contributed by atoms with E-state index in [4.69, 9.17) is 21.0 Å². The average molecular weight is 477 g/mol. The molecular weight excluding hydrogens is 444 g/mol. The molecule has 6 N–H and O–H groups in total. The van der Waals surface area contributed by atoms with Crippen molar-refractivity contribution in [1.82, 2.24) is 10.2 Å². The van der Waals surface area contributed by atoms with Gasteiger partial charge in [-0.2, -0.15) is 0 Å². The number of hydrogen-bond acceptors (Lipinski definition) is 8. The molecule has 2 atom stereocenters. The summed E-state index contributed by atoms with van der Waals surface area (Å²) in [5, 5.41) is 40.4. The summed E-state index contributed by atoms with van der Waals surface area (Å²) in [5.41, 5.74) is 1.49. The van der Waals surface area contributed by atoms with E-state index in [2.05, 4.69) is 24.5 Å². The molecule has 0 aliphatic carbocycles. The molecule has 35 heavy (non-hydrogen) atoms. The van der Waals surface area contributed by atoms with Gasteiger partial charge < -0.3 is 20.5 Å². The van der Waals surface area contributed by atoms with E-state index in [1.54, 1.807) is 42.6 Å². The van der Waals surface area contributed by atoms with Crippen molar-refractivity contribution < 1.29 is 14.6 Å². The summed E-state index contributed by atoms with van der Waals surface area (Å²) in [6, 6.07) is 13.4. The Hall–Kier alpha value is -3.98. The van der Waals surface area contributed by atoms with Gasteiger partial charge in [0.05, 0.1) is 0 Å². The summed E-state index contributed by atoms with van der Waals surface area (Å²) in [7, 11) is 0. The third-order valence-electron chi connectivity index (χ3n) is 5.63. The van der Waals surface area contributed by atoms with E-state index in [9.17, 15) is 9.90 Å². The van der Waals surface area contributed by atoms with Gasteiger partial charge in [-0.15, -0.1) is 0 Å². The van der Waals surface area contributed by atoms with Gasteiger partial charge in [0.1, 0.15) is 11.6 Å². The zero-order valence-electron chi connectivity index (χ0n) is 20.1. The Kier molecular flexibility index (Phi) is 8.38. The van der Waals surface area contributed by atoms with E-state index in [-0.39, 0.29) is 47.4 Å². The molecule has 1 saturated heterocycles. The van der Waals surface area contributed by atoms with Crippen LogP contribution in [0.4, 0.5) is 5.69 Å². The Labute approximate surface area is 205 Å². The average Bonchev–Trinajstić information content (AvgIpc) is 2.78. The number of carbonyl (C=O) groups excluding carboxylic acids is 1. The van der Waals surface area contributed by atoms with E-state index < -0.39 is 0 Å². The molecule has 0 radical (unpaired) electrons. The van der Waals surface area contributed by atoms with Crippen LogP contribution in [0.5, 0.6) is 5.75 Å². The van der Waals surface area contributed by atoms with Gasteiger partial charge in [-0.25, -0.2) is 0 Å². The zero-order valence-corrected chi connectivity index (χ0v) is 20.1. The first-order valence-electron chi connectivity index (χ1n) is 11.5. The molecule has 2 unspecified atom stereocenters. The SMILES string of the molecule is CC(=N)OC(=N)c1cccc(N/C=C\C(=N)N(C(=O)c2cccc(O)c2)C2CC(C)NC(C)C2)c1. The van der Waals surface area contributed by atoms with Crippen LogP contribution < -0.4 is 10.6 Å². The highest BCUT2D eigenvalue weighted by atomic mass is 16.5.